The van der Waals surface area contributed by atoms with Crippen LogP contribution in [0.3, 0.4) is 0 Å². The van der Waals surface area contributed by atoms with Crippen molar-refractivity contribution in [1.82, 2.24) is 14.5 Å². The molecule has 1 saturated heterocycles. The molecule has 0 radical (unpaired) electrons. The summed E-state index contributed by atoms with van der Waals surface area (Å²) < 4.78 is 21.7. The second-order valence-electron chi connectivity index (χ2n) is 10.1. The molecule has 0 amide bonds. The van der Waals surface area contributed by atoms with Crippen molar-refractivity contribution in [1.29, 1.82) is 0 Å². The van der Waals surface area contributed by atoms with E-state index in [0.29, 0.717) is 47.9 Å². The van der Waals surface area contributed by atoms with Crippen LogP contribution in [0.25, 0.3) is 22.3 Å². The third kappa shape index (κ3) is 2.73. The minimum Gasteiger partial charge on any atom is -0.458 e. The Kier molecular flexibility index (Phi) is 4.59. The molecule has 1 unspecified atom stereocenters. The molecule has 0 bridgehead atoms. The number of nitrogens with zero attached hydrogens (tertiary/aromatic N) is 3. The summed E-state index contributed by atoms with van der Waals surface area (Å²) in [5.74, 6) is -0.391. The van der Waals surface area contributed by atoms with Gasteiger partial charge in [0.05, 0.1) is 35.1 Å². The first kappa shape index (κ1) is 22.4. The molecule has 36 heavy (non-hydrogen) atoms. The smallest absolute Gasteiger partial charge is 0.343 e. The lowest BCUT2D eigenvalue weighted by Crippen LogP contribution is -2.53. The van der Waals surface area contributed by atoms with Crippen LogP contribution in [0.4, 0.5) is 4.39 Å². The van der Waals surface area contributed by atoms with E-state index in [-0.39, 0.29) is 47.7 Å². The number of aromatic nitrogens is 2. The highest BCUT2D eigenvalue weighted by atomic mass is 32.2. The molecule has 0 aliphatic carbocycles. The summed E-state index contributed by atoms with van der Waals surface area (Å²) in [5, 5.41) is 22.0. The van der Waals surface area contributed by atoms with Crippen molar-refractivity contribution in [3.05, 3.63) is 56.1 Å². The van der Waals surface area contributed by atoms with Crippen LogP contribution in [0.5, 0.6) is 0 Å². The van der Waals surface area contributed by atoms with Crippen LogP contribution in [0, 0.1) is 12.7 Å². The van der Waals surface area contributed by atoms with Crippen LogP contribution < -0.4 is 5.56 Å². The molecule has 6 heterocycles. The van der Waals surface area contributed by atoms with Crippen LogP contribution in [0.2, 0.25) is 0 Å². The summed E-state index contributed by atoms with van der Waals surface area (Å²) in [6.45, 7) is 4.67. The Labute approximate surface area is 209 Å². The van der Waals surface area contributed by atoms with Crippen molar-refractivity contribution >= 4 is 28.6 Å². The predicted molar refractivity (Wildman–Crippen MR) is 130 cm³/mol. The van der Waals surface area contributed by atoms with Crippen LogP contribution >= 0.6 is 11.8 Å². The highest BCUT2D eigenvalue weighted by molar-refractivity contribution is 7.99. The Hall–Kier alpha value is -2.79. The Morgan fingerprint density at radius 3 is 2.78 bits per heavy atom. The number of β-amino-alcohol motifs (C(OH)–C–C–N with tert-alkyl or cyclic N) is 1. The molecule has 2 atom stereocenters. The number of fused-ring (bicyclic) bond motifs is 5. The number of hydrogen-bond donors (Lipinski definition) is 2. The lowest BCUT2D eigenvalue weighted by Gasteiger charge is -2.44. The summed E-state index contributed by atoms with van der Waals surface area (Å²) in [6, 6.07) is 3.13. The maximum Gasteiger partial charge on any atom is 0.343 e. The maximum atomic E-state index is 14.9. The van der Waals surface area contributed by atoms with Crippen LogP contribution in [-0.4, -0.2) is 55.6 Å². The molecule has 7 rings (SSSR count). The molecule has 2 aromatic heterocycles. The number of aliphatic hydroxyl groups excluding tert-OH is 1. The van der Waals surface area contributed by atoms with Crippen LogP contribution in [0.1, 0.15) is 47.2 Å². The second kappa shape index (κ2) is 7.38. The molecule has 10 heteroatoms. The molecule has 8 nitrogen and oxygen atoms in total. The largest absolute Gasteiger partial charge is 0.458 e. The summed E-state index contributed by atoms with van der Waals surface area (Å²) in [6.07, 6.45) is -0.303. The number of pyridine rings is 2. The topological polar surface area (TPSA) is 105 Å². The van der Waals surface area contributed by atoms with Crippen molar-refractivity contribution in [3.63, 3.8) is 0 Å². The van der Waals surface area contributed by atoms with Gasteiger partial charge >= 0.3 is 5.97 Å². The number of esters is 1. The fourth-order valence-corrected chi connectivity index (χ4v) is 7.51. The van der Waals surface area contributed by atoms with Crippen molar-refractivity contribution in [2.75, 3.05) is 18.8 Å². The number of halogens is 1. The molecule has 1 fully saturated rings. The van der Waals surface area contributed by atoms with Crippen molar-refractivity contribution in [2.45, 2.75) is 56.1 Å². The molecule has 1 aromatic carbocycles. The Balaban J connectivity index is 1.53. The fraction of sp³-hybridized carbons (Fsp3) is 0.423. The van der Waals surface area contributed by atoms with Gasteiger partial charge in [0, 0.05) is 52.4 Å². The first-order valence-corrected chi connectivity index (χ1v) is 13.1. The summed E-state index contributed by atoms with van der Waals surface area (Å²) in [5.41, 5.74) is 2.42. The van der Waals surface area contributed by atoms with Crippen LogP contribution in [0.15, 0.2) is 21.8 Å². The number of likely N-dealkylation sites (tertiary alicyclic amines) is 1. The van der Waals surface area contributed by atoms with Crippen molar-refractivity contribution < 1.29 is 24.1 Å². The third-order valence-electron chi connectivity index (χ3n) is 8.21. The first-order chi connectivity index (χ1) is 17.2. The second-order valence-corrected chi connectivity index (χ2v) is 11.1. The number of thioether (sulfide) groups is 1. The normalized spacial score (nSPS) is 24.8. The highest BCUT2D eigenvalue weighted by Gasteiger charge is 2.46. The lowest BCUT2D eigenvalue weighted by atomic mass is 9.86. The molecule has 186 valence electrons. The number of carbonyl (C=O) groups excluding carboxylic acids is 1. The molecule has 2 N–H and O–H groups in total. The third-order valence-corrected chi connectivity index (χ3v) is 9.49. The molecule has 4 aliphatic heterocycles. The van der Waals surface area contributed by atoms with Gasteiger partial charge in [0.15, 0.2) is 5.60 Å². The highest BCUT2D eigenvalue weighted by Crippen LogP contribution is 2.50. The lowest BCUT2D eigenvalue weighted by molar-refractivity contribution is -0.172. The molecular weight excluding hydrogens is 485 g/mol. The minimum atomic E-state index is -1.90. The number of aliphatic hydroxyl groups is 2. The quantitative estimate of drug-likeness (QED) is 0.397. The number of benzene rings is 1. The van der Waals surface area contributed by atoms with Crippen molar-refractivity contribution in [2.24, 2.45) is 0 Å². The average Bonchev–Trinajstić information content (AvgIpc) is 3.22. The van der Waals surface area contributed by atoms with Gasteiger partial charge in [-0.15, -0.1) is 11.8 Å². The first-order valence-electron chi connectivity index (χ1n) is 12.1. The van der Waals surface area contributed by atoms with Gasteiger partial charge in [0.2, 0.25) is 0 Å². The standard InChI is InChI=1S/C26H24FN3O5S/c1-3-26(34)15-4-18-22-13(8-30(18)24(32)14(15)9-35-25(26)33)20-19(29-6-12(31)7-29)10-36-23-11(2)16(27)5-17(28-22)21(20)23/h4-5,12,19,31,34H,3,6-10H2,1-2H3/t19?,26-/m0/s1. The van der Waals surface area contributed by atoms with Gasteiger partial charge in [-0.3, -0.25) is 9.69 Å². The molecule has 4 aliphatic rings. The molecule has 3 aromatic rings. The van der Waals surface area contributed by atoms with E-state index in [1.54, 1.807) is 36.2 Å². The minimum absolute atomic E-state index is 0.00728. The zero-order valence-electron chi connectivity index (χ0n) is 19.8. The summed E-state index contributed by atoms with van der Waals surface area (Å²) in [7, 11) is 0. The van der Waals surface area contributed by atoms with Gasteiger partial charge < -0.3 is 19.5 Å². The Bertz CT molecular complexity index is 1580. The SMILES string of the molecule is CC[C@@]1(O)C(=O)OCc2c1cc1n(c2=O)Cc2c-1nc1cc(F)c(C)c3c1c2C(N1CC(O)C1)CS3. The summed E-state index contributed by atoms with van der Waals surface area (Å²) >= 11 is 1.61. The van der Waals surface area contributed by atoms with E-state index < -0.39 is 11.6 Å². The number of carbonyl (C=O) groups is 1. The Morgan fingerprint density at radius 1 is 1.28 bits per heavy atom. The van der Waals surface area contributed by atoms with E-state index in [1.807, 2.05) is 0 Å². The molecule has 0 saturated carbocycles. The number of hydrogen-bond acceptors (Lipinski definition) is 8. The van der Waals surface area contributed by atoms with E-state index in [1.165, 1.54) is 6.07 Å². The predicted octanol–water partition coefficient (Wildman–Crippen LogP) is 2.35. The van der Waals surface area contributed by atoms with Gasteiger partial charge in [0.25, 0.3) is 5.56 Å². The molecule has 0 spiro atoms. The van der Waals surface area contributed by atoms with E-state index in [0.717, 1.165) is 21.4 Å². The zero-order chi connectivity index (χ0) is 25.1. The Morgan fingerprint density at radius 2 is 2.06 bits per heavy atom. The van der Waals surface area contributed by atoms with Crippen molar-refractivity contribution in [3.8, 4) is 11.4 Å². The van der Waals surface area contributed by atoms with Gasteiger partial charge in [0.1, 0.15) is 12.4 Å². The zero-order valence-corrected chi connectivity index (χ0v) is 20.6. The number of cyclic esters (lactones) is 1. The average molecular weight is 510 g/mol. The van der Waals surface area contributed by atoms with Gasteiger partial charge in [-0.05, 0) is 30.5 Å². The van der Waals surface area contributed by atoms with Gasteiger partial charge in [-0.1, -0.05) is 6.92 Å². The molecular formula is C26H24FN3O5S. The summed E-state index contributed by atoms with van der Waals surface area (Å²) in [4.78, 5) is 34.0. The fourth-order valence-electron chi connectivity index (χ4n) is 6.13. The van der Waals surface area contributed by atoms with E-state index in [9.17, 15) is 24.2 Å². The maximum absolute atomic E-state index is 14.9. The van der Waals surface area contributed by atoms with E-state index in [2.05, 4.69) is 4.90 Å². The van der Waals surface area contributed by atoms with Crippen LogP contribution in [-0.2, 0) is 28.3 Å². The number of rotatable bonds is 2. The van der Waals surface area contributed by atoms with E-state index >= 15 is 0 Å². The monoisotopic (exact) mass is 509 g/mol. The van der Waals surface area contributed by atoms with Gasteiger partial charge in [-0.2, -0.15) is 0 Å². The number of ether oxygens (including phenoxy) is 1. The van der Waals surface area contributed by atoms with E-state index in [4.69, 9.17) is 9.72 Å². The van der Waals surface area contributed by atoms with Gasteiger partial charge in [-0.25, -0.2) is 14.2 Å².